The number of amides is 1. The van der Waals surface area contributed by atoms with Crippen molar-refractivity contribution in [3.63, 3.8) is 0 Å². The van der Waals surface area contributed by atoms with E-state index in [1.54, 1.807) is 48.0 Å². The van der Waals surface area contributed by atoms with E-state index < -0.39 is 23.9 Å². The molecule has 2 fully saturated rings. The van der Waals surface area contributed by atoms with Gasteiger partial charge in [-0.2, -0.15) is 18.4 Å². The topological polar surface area (TPSA) is 149 Å². The molecule has 4 heterocycles. The molecule has 2 aromatic carbocycles. The maximum absolute atomic E-state index is 14.5. The molecule has 1 unspecified atom stereocenters. The van der Waals surface area contributed by atoms with Crippen LogP contribution in [0, 0.1) is 16.7 Å². The van der Waals surface area contributed by atoms with E-state index in [4.69, 9.17) is 11.0 Å². The Morgan fingerprint density at radius 2 is 1.94 bits per heavy atom. The Morgan fingerprint density at radius 1 is 1.12 bits per heavy atom. The number of benzene rings is 2. The van der Waals surface area contributed by atoms with Crippen molar-refractivity contribution < 1.29 is 23.1 Å². The Balaban J connectivity index is 1.29. The van der Waals surface area contributed by atoms with Crippen molar-refractivity contribution in [2.24, 2.45) is 18.2 Å². The highest BCUT2D eigenvalue weighted by molar-refractivity contribution is 6.10. The molecule has 14 heteroatoms. The van der Waals surface area contributed by atoms with E-state index in [0.717, 1.165) is 32.4 Å². The van der Waals surface area contributed by atoms with E-state index >= 15 is 0 Å². The summed E-state index contributed by atoms with van der Waals surface area (Å²) in [7, 11) is 1.76. The van der Waals surface area contributed by atoms with E-state index in [1.807, 2.05) is 0 Å². The van der Waals surface area contributed by atoms with Crippen molar-refractivity contribution >= 4 is 17.5 Å². The highest BCUT2D eigenvalue weighted by Gasteiger charge is 2.48. The smallest absolute Gasteiger partial charge is 0.375 e. The zero-order chi connectivity index (χ0) is 33.8. The van der Waals surface area contributed by atoms with Gasteiger partial charge in [-0.1, -0.05) is 12.1 Å². The van der Waals surface area contributed by atoms with Gasteiger partial charge < -0.3 is 20.7 Å². The van der Waals surface area contributed by atoms with Crippen molar-refractivity contribution in [2.75, 3.05) is 29.9 Å². The minimum absolute atomic E-state index is 0.0207. The lowest BCUT2D eigenvalue weighted by Crippen LogP contribution is -2.24. The number of pyridine rings is 1. The molecule has 0 bridgehead atoms. The number of aliphatic hydroxyl groups is 1. The average molecular weight is 658 g/mol. The summed E-state index contributed by atoms with van der Waals surface area (Å²) in [5, 5.41) is 30.5. The highest BCUT2D eigenvalue weighted by Crippen LogP contribution is 2.53. The van der Waals surface area contributed by atoms with Gasteiger partial charge in [-0.25, -0.2) is 4.98 Å². The molecule has 1 spiro atoms. The van der Waals surface area contributed by atoms with Gasteiger partial charge in [0, 0.05) is 37.8 Å². The first-order chi connectivity index (χ1) is 22.9. The Labute approximate surface area is 274 Å². The highest BCUT2D eigenvalue weighted by atomic mass is 19.4. The van der Waals surface area contributed by atoms with Crippen molar-refractivity contribution in [2.45, 2.75) is 51.2 Å². The maximum Gasteiger partial charge on any atom is 0.416 e. The molecule has 11 nitrogen and oxygen atoms in total. The molecular weight excluding hydrogens is 623 g/mol. The second kappa shape index (κ2) is 12.0. The number of aryl methyl sites for hydroxylation is 1. The molecule has 3 aliphatic rings. The zero-order valence-corrected chi connectivity index (χ0v) is 26.3. The first-order valence-corrected chi connectivity index (χ1v) is 15.8. The molecule has 4 aromatic rings. The Hall–Kier alpha value is -4.84. The fraction of sp³-hybridized carbons (Fsp3) is 0.382. The summed E-state index contributed by atoms with van der Waals surface area (Å²) in [6, 6.07) is 13.3. The molecule has 0 radical (unpaired) electrons. The number of carbonyl (C=O) groups is 1. The first-order valence-electron chi connectivity index (χ1n) is 15.8. The van der Waals surface area contributed by atoms with E-state index in [0.29, 0.717) is 51.4 Å². The lowest BCUT2D eigenvalue weighted by Gasteiger charge is -2.19. The summed E-state index contributed by atoms with van der Waals surface area (Å²) in [4.78, 5) is 22.1. The lowest BCUT2D eigenvalue weighted by molar-refractivity contribution is -0.138. The second-order valence-electron chi connectivity index (χ2n) is 13.0. The number of nitriles is 1. The van der Waals surface area contributed by atoms with Crippen molar-refractivity contribution in [1.82, 2.24) is 24.6 Å². The van der Waals surface area contributed by atoms with Crippen LogP contribution in [0.4, 0.5) is 24.8 Å². The van der Waals surface area contributed by atoms with Crippen LogP contribution in [-0.2, 0) is 26.3 Å². The van der Waals surface area contributed by atoms with Crippen molar-refractivity contribution in [3.05, 3.63) is 76.6 Å². The van der Waals surface area contributed by atoms with Crippen LogP contribution in [0.2, 0.25) is 0 Å². The van der Waals surface area contributed by atoms with E-state index in [2.05, 4.69) is 31.5 Å². The van der Waals surface area contributed by atoms with Gasteiger partial charge in [0.15, 0.2) is 5.82 Å². The molecular formula is C34H34F3N9O2. The lowest BCUT2D eigenvalue weighted by atomic mass is 9.96. The third-order valence-electron chi connectivity index (χ3n) is 9.57. The van der Waals surface area contributed by atoms with Gasteiger partial charge in [0.05, 0.1) is 24.6 Å². The molecule has 1 atom stereocenters. The number of alkyl halides is 3. The fourth-order valence-electron chi connectivity index (χ4n) is 6.86. The third kappa shape index (κ3) is 6.00. The van der Waals surface area contributed by atoms with E-state index in [9.17, 15) is 23.1 Å². The van der Waals surface area contributed by atoms with Crippen LogP contribution >= 0.6 is 0 Å². The SMILES string of the molecule is Cn1cnnc1-c1cc(C(N)O)ccc1-c1cc(NCCC#N)nc(N2Cc3c(cc(CN4CCC5(CC5)C4)cc3C(F)(F)F)C2=O)c1. The van der Waals surface area contributed by atoms with Crippen molar-refractivity contribution in [1.29, 1.82) is 5.26 Å². The van der Waals surface area contributed by atoms with Gasteiger partial charge in [0.1, 0.15) is 24.2 Å². The number of aliphatic hydroxyl groups excluding tert-OH is 1. The number of nitrogens with zero attached hydrogens (tertiary/aromatic N) is 7. The largest absolute Gasteiger partial charge is 0.416 e. The molecule has 1 saturated heterocycles. The zero-order valence-electron chi connectivity index (χ0n) is 26.3. The number of likely N-dealkylation sites (tertiary alicyclic amines) is 1. The van der Waals surface area contributed by atoms with Crippen LogP contribution in [-0.4, -0.2) is 55.3 Å². The molecule has 7 rings (SSSR count). The van der Waals surface area contributed by atoms with Gasteiger partial charge in [0.25, 0.3) is 5.91 Å². The number of halogens is 3. The summed E-state index contributed by atoms with van der Waals surface area (Å²) in [6.45, 7) is 2.00. The first kappa shape index (κ1) is 31.7. The minimum Gasteiger partial charge on any atom is -0.375 e. The number of hydrogen-bond acceptors (Lipinski definition) is 9. The summed E-state index contributed by atoms with van der Waals surface area (Å²) in [5.74, 6) is 0.376. The van der Waals surface area contributed by atoms with Crippen LogP contribution in [0.25, 0.3) is 22.5 Å². The fourth-order valence-corrected chi connectivity index (χ4v) is 6.86. The predicted molar refractivity (Wildman–Crippen MR) is 171 cm³/mol. The van der Waals surface area contributed by atoms with Crippen LogP contribution in [0.15, 0.2) is 48.8 Å². The van der Waals surface area contributed by atoms with Gasteiger partial charge in [-0.05, 0) is 89.4 Å². The number of aromatic nitrogens is 4. The van der Waals surface area contributed by atoms with Crippen LogP contribution in [0.3, 0.4) is 0 Å². The number of nitrogens with two attached hydrogens (primary N) is 1. The Bertz CT molecular complexity index is 1940. The Kier molecular flexibility index (Phi) is 7.93. The van der Waals surface area contributed by atoms with Crippen LogP contribution in [0.1, 0.15) is 64.5 Å². The summed E-state index contributed by atoms with van der Waals surface area (Å²) in [6.07, 6.45) is -0.830. The van der Waals surface area contributed by atoms with Crippen LogP contribution < -0.4 is 16.0 Å². The predicted octanol–water partition coefficient (Wildman–Crippen LogP) is 4.98. The number of rotatable bonds is 9. The van der Waals surface area contributed by atoms with E-state index in [-0.39, 0.29) is 36.5 Å². The number of anilines is 2. The van der Waals surface area contributed by atoms with Gasteiger partial charge in [0.2, 0.25) is 0 Å². The molecule has 1 saturated carbocycles. The van der Waals surface area contributed by atoms with Gasteiger partial charge in [-0.3, -0.25) is 14.6 Å². The molecule has 1 aliphatic carbocycles. The standard InChI is InChI=1S/C34H34F3N9O2/c1-44-19-41-43-31(44)24-13-21(30(39)47)3-4-23(24)22-14-28(40-9-2-8-38)42-29(15-22)46-17-26-25(32(46)48)11-20(12-27(26)34(35,36)37)16-45-10-7-33(18-45)5-6-33/h3-4,11-15,19,30,47H,2,5-7,9-10,16-18,39H2,1H3,(H,40,42). The number of hydrogen-bond donors (Lipinski definition) is 3. The second-order valence-corrected chi connectivity index (χ2v) is 13.0. The summed E-state index contributed by atoms with van der Waals surface area (Å²) in [5.41, 5.74) is 7.89. The normalized spacial score (nSPS) is 17.5. The number of nitrogens with one attached hydrogen (secondary N) is 1. The third-order valence-corrected chi connectivity index (χ3v) is 9.57. The maximum atomic E-state index is 14.5. The van der Waals surface area contributed by atoms with Crippen LogP contribution in [0.5, 0.6) is 0 Å². The summed E-state index contributed by atoms with van der Waals surface area (Å²) >= 11 is 0. The minimum atomic E-state index is -4.65. The molecule has 48 heavy (non-hydrogen) atoms. The van der Waals surface area contributed by atoms with Gasteiger partial charge >= 0.3 is 6.18 Å². The number of fused-ring (bicyclic) bond motifs is 1. The number of carbonyl (C=O) groups excluding carboxylic acids is 1. The molecule has 248 valence electrons. The summed E-state index contributed by atoms with van der Waals surface area (Å²) < 4.78 is 45.2. The molecule has 4 N–H and O–H groups in total. The van der Waals surface area contributed by atoms with Crippen molar-refractivity contribution in [3.8, 4) is 28.6 Å². The van der Waals surface area contributed by atoms with Gasteiger partial charge in [-0.15, -0.1) is 10.2 Å². The van der Waals surface area contributed by atoms with E-state index in [1.165, 1.54) is 17.3 Å². The monoisotopic (exact) mass is 657 g/mol. The molecule has 2 aliphatic heterocycles. The molecule has 1 amide bonds. The molecule has 2 aromatic heterocycles. The average Bonchev–Trinajstić information content (AvgIpc) is 3.31. The Morgan fingerprint density at radius 3 is 2.60 bits per heavy atom. The quantitative estimate of drug-likeness (QED) is 0.167.